The molecule has 0 bridgehead atoms. The molecule has 11 nitrogen and oxygen atoms in total. The first-order valence-electron chi connectivity index (χ1n) is 12.8. The summed E-state index contributed by atoms with van der Waals surface area (Å²) in [6.07, 6.45) is -0.0927. The zero-order valence-electron chi connectivity index (χ0n) is 23.2. The van der Waals surface area contributed by atoms with Gasteiger partial charge < -0.3 is 30.7 Å². The smallest absolute Gasteiger partial charge is 0.408 e. The number of primary amides is 1. The second-order valence-corrected chi connectivity index (χ2v) is 15.0. The quantitative estimate of drug-likeness (QED) is 0.162. The summed E-state index contributed by atoms with van der Waals surface area (Å²) in [7, 11) is 5.84. The number of hydrogen-bond acceptors (Lipinski definition) is 10. The highest BCUT2D eigenvalue weighted by molar-refractivity contribution is 9.09. The van der Waals surface area contributed by atoms with Gasteiger partial charge in [-0.15, -0.1) is 0 Å². The Morgan fingerprint density at radius 2 is 1.80 bits per heavy atom. The fraction of sp³-hybridized carbons (Fsp3) is 0.577. The van der Waals surface area contributed by atoms with Crippen molar-refractivity contribution in [3.8, 4) is 0 Å². The topological polar surface area (TPSA) is 157 Å². The molecule has 0 radical (unpaired) electrons. The van der Waals surface area contributed by atoms with Gasteiger partial charge in [-0.2, -0.15) is 0 Å². The summed E-state index contributed by atoms with van der Waals surface area (Å²) in [5, 5.41) is 5.24. The molecule has 40 heavy (non-hydrogen) atoms. The van der Waals surface area contributed by atoms with Crippen molar-refractivity contribution >= 4 is 61.2 Å². The third-order valence-corrected chi connectivity index (χ3v) is 10.7. The van der Waals surface area contributed by atoms with E-state index < -0.39 is 47.9 Å². The maximum atomic E-state index is 13.5. The van der Waals surface area contributed by atoms with Crippen molar-refractivity contribution in [3.63, 3.8) is 0 Å². The number of rotatable bonds is 14. The predicted octanol–water partition coefficient (Wildman–Crippen LogP) is 3.02. The molecule has 0 unspecified atom stereocenters. The van der Waals surface area contributed by atoms with Gasteiger partial charge in [-0.3, -0.25) is 14.4 Å². The molecule has 0 aliphatic carbocycles. The van der Waals surface area contributed by atoms with E-state index in [1.54, 1.807) is 22.9 Å². The number of likely N-dealkylation sites (tertiary alicyclic amines) is 1. The molecule has 0 spiro atoms. The second-order valence-electron chi connectivity index (χ2n) is 10.1. The molecule has 2 rings (SSSR count). The van der Waals surface area contributed by atoms with E-state index in [1.165, 1.54) is 32.6 Å². The number of hydrogen-bond donors (Lipinski definition) is 3. The minimum atomic E-state index is -1.12. The normalized spacial score (nSPS) is 16.5. The Labute approximate surface area is 246 Å². The van der Waals surface area contributed by atoms with E-state index in [2.05, 4.69) is 31.4 Å². The second kappa shape index (κ2) is 16.6. The van der Waals surface area contributed by atoms with Gasteiger partial charge in [-0.1, -0.05) is 72.7 Å². The van der Waals surface area contributed by atoms with Crippen LogP contribution in [0.2, 0.25) is 0 Å². The minimum Gasteiger partial charge on any atom is -0.467 e. The average Bonchev–Trinajstić information content (AvgIpc) is 3.40. The van der Waals surface area contributed by atoms with Gasteiger partial charge in [0.05, 0.1) is 7.11 Å². The van der Waals surface area contributed by atoms with E-state index >= 15 is 0 Å². The lowest BCUT2D eigenvalue weighted by atomic mass is 10.1. The van der Waals surface area contributed by atoms with Gasteiger partial charge in [0, 0.05) is 23.5 Å². The van der Waals surface area contributed by atoms with Crippen molar-refractivity contribution < 1.29 is 33.4 Å². The van der Waals surface area contributed by atoms with Crippen LogP contribution in [0, 0.1) is 0 Å². The maximum absolute atomic E-state index is 13.5. The molecule has 1 aliphatic heterocycles. The highest BCUT2D eigenvalue weighted by Gasteiger charge is 2.39. The van der Waals surface area contributed by atoms with E-state index in [0.717, 1.165) is 5.56 Å². The molecule has 1 saturated heterocycles. The van der Waals surface area contributed by atoms with Crippen molar-refractivity contribution in [2.24, 2.45) is 5.73 Å². The van der Waals surface area contributed by atoms with Crippen LogP contribution in [0.15, 0.2) is 30.3 Å². The molecule has 1 heterocycles. The fourth-order valence-electron chi connectivity index (χ4n) is 3.76. The monoisotopic (exact) mass is 614 g/mol. The van der Waals surface area contributed by atoms with E-state index in [9.17, 15) is 24.0 Å². The summed E-state index contributed by atoms with van der Waals surface area (Å²) < 4.78 is 10.1. The molecule has 3 atom stereocenters. The van der Waals surface area contributed by atoms with Crippen molar-refractivity contribution in [2.75, 3.05) is 19.4 Å². The predicted molar refractivity (Wildman–Crippen MR) is 158 cm³/mol. The summed E-state index contributed by atoms with van der Waals surface area (Å²) in [5.41, 5.74) is 6.05. The summed E-state index contributed by atoms with van der Waals surface area (Å²) in [4.78, 5) is 64.4. The molecule has 1 aromatic rings. The van der Waals surface area contributed by atoms with Crippen LogP contribution >= 0.6 is 31.4 Å². The SMILES string of the molecule is COC(=O)[C@H](CSSSC(C)(C)C)NC(=O)[C@@H]1CCCN1C(=O)[C@H](CCC(N)=O)NC(=O)OCc1ccccc1. The average molecular weight is 615 g/mol. The lowest BCUT2D eigenvalue weighted by molar-refractivity contribution is -0.146. The van der Waals surface area contributed by atoms with Gasteiger partial charge in [-0.25, -0.2) is 9.59 Å². The molecule has 1 aromatic carbocycles. The third kappa shape index (κ3) is 11.9. The first-order chi connectivity index (χ1) is 18.9. The molecule has 14 heteroatoms. The Hall–Kier alpha value is -2.58. The van der Waals surface area contributed by atoms with Gasteiger partial charge in [0.1, 0.15) is 24.7 Å². The highest BCUT2D eigenvalue weighted by Crippen LogP contribution is 2.43. The van der Waals surface area contributed by atoms with E-state index in [0.29, 0.717) is 12.8 Å². The lowest BCUT2D eigenvalue weighted by Gasteiger charge is -2.29. The van der Waals surface area contributed by atoms with Crippen LogP contribution in [-0.4, -0.2) is 77.0 Å². The largest absolute Gasteiger partial charge is 0.467 e. The molecule has 4 amide bonds. The molecule has 4 N–H and O–H groups in total. The minimum absolute atomic E-state index is 0.00236. The van der Waals surface area contributed by atoms with Crippen LogP contribution in [-0.2, 0) is 35.3 Å². The number of carbonyl (C=O) groups excluding carboxylic acids is 5. The summed E-state index contributed by atoms with van der Waals surface area (Å²) in [6, 6.07) is 6.16. The molecular weight excluding hydrogens is 577 g/mol. The number of carbonyl (C=O) groups is 5. The molecule has 222 valence electrons. The number of methoxy groups -OCH3 is 1. The van der Waals surface area contributed by atoms with Crippen molar-refractivity contribution in [1.29, 1.82) is 0 Å². The summed E-state index contributed by atoms with van der Waals surface area (Å²) in [5.74, 6) is -1.95. The van der Waals surface area contributed by atoms with Gasteiger partial charge in [0.2, 0.25) is 17.7 Å². The number of amides is 4. The zero-order valence-corrected chi connectivity index (χ0v) is 25.6. The lowest BCUT2D eigenvalue weighted by Crippen LogP contribution is -2.55. The van der Waals surface area contributed by atoms with E-state index in [-0.39, 0.29) is 36.5 Å². The van der Waals surface area contributed by atoms with Crippen LogP contribution in [0.1, 0.15) is 52.0 Å². The summed E-state index contributed by atoms with van der Waals surface area (Å²) >= 11 is 0. The third-order valence-electron chi connectivity index (χ3n) is 5.69. The number of nitrogens with two attached hydrogens (primary N) is 1. The number of alkyl carbamates (subject to hydrolysis) is 1. The number of esters is 1. The van der Waals surface area contributed by atoms with Crippen LogP contribution in [0.5, 0.6) is 0 Å². The first-order valence-corrected chi connectivity index (χ1v) is 16.5. The van der Waals surface area contributed by atoms with Crippen LogP contribution in [0.25, 0.3) is 0 Å². The van der Waals surface area contributed by atoms with Crippen LogP contribution < -0.4 is 16.4 Å². The van der Waals surface area contributed by atoms with Gasteiger partial charge in [-0.05, 0) is 34.7 Å². The van der Waals surface area contributed by atoms with Gasteiger partial charge in [0.25, 0.3) is 0 Å². The van der Waals surface area contributed by atoms with Crippen molar-refractivity contribution in [3.05, 3.63) is 35.9 Å². The molecule has 0 aromatic heterocycles. The van der Waals surface area contributed by atoms with Crippen LogP contribution in [0.4, 0.5) is 4.79 Å². The molecular formula is C26H38N4O7S3. The Kier molecular flexibility index (Phi) is 14.0. The Morgan fingerprint density at radius 3 is 2.42 bits per heavy atom. The number of ether oxygens (including phenoxy) is 2. The van der Waals surface area contributed by atoms with E-state index in [4.69, 9.17) is 15.2 Å². The number of nitrogens with zero attached hydrogens (tertiary/aromatic N) is 1. The Balaban J connectivity index is 2.04. The van der Waals surface area contributed by atoms with E-state index in [1.807, 2.05) is 18.2 Å². The fourth-order valence-corrected chi connectivity index (χ4v) is 8.52. The van der Waals surface area contributed by atoms with Crippen LogP contribution in [0.3, 0.4) is 0 Å². The zero-order chi connectivity index (χ0) is 29.7. The van der Waals surface area contributed by atoms with Gasteiger partial charge >= 0.3 is 12.1 Å². The molecule has 1 fully saturated rings. The van der Waals surface area contributed by atoms with Crippen molar-refractivity contribution in [2.45, 2.75) is 75.9 Å². The first kappa shape index (κ1) is 33.6. The van der Waals surface area contributed by atoms with Gasteiger partial charge in [0.15, 0.2) is 0 Å². The number of benzene rings is 1. The number of nitrogens with one attached hydrogen (secondary N) is 2. The standard InChI is InChI=1S/C26H38N4O7S3/c1-26(2,3)39-40-38-16-19(24(34)36-4)28-22(32)20-11-8-14-30(20)23(33)18(12-13-21(27)31)29-25(35)37-15-17-9-6-5-7-10-17/h5-7,9-10,18-20H,8,11-16H2,1-4H3,(H2,27,31)(H,28,32)(H,29,35)/t18-,19-,20-/m0/s1. The van der Waals surface area contributed by atoms with Crippen molar-refractivity contribution in [1.82, 2.24) is 15.5 Å². The molecule has 0 saturated carbocycles. The molecule has 1 aliphatic rings. The summed E-state index contributed by atoms with van der Waals surface area (Å²) in [6.45, 7) is 6.50. The Bertz CT molecular complexity index is 1020. The highest BCUT2D eigenvalue weighted by atomic mass is 33.5. The maximum Gasteiger partial charge on any atom is 0.408 e. The Morgan fingerprint density at radius 1 is 1.10 bits per heavy atom.